The highest BCUT2D eigenvalue weighted by Crippen LogP contribution is 2.20. The van der Waals surface area contributed by atoms with E-state index in [-0.39, 0.29) is 5.75 Å². The van der Waals surface area contributed by atoms with E-state index in [9.17, 15) is 9.90 Å². The van der Waals surface area contributed by atoms with Crippen molar-refractivity contribution in [1.82, 2.24) is 0 Å². The first-order chi connectivity index (χ1) is 7.29. The molecule has 0 radical (unpaired) electrons. The summed E-state index contributed by atoms with van der Waals surface area (Å²) in [5.41, 5.74) is 0.651. The second-order valence-corrected chi connectivity index (χ2v) is 2.91. The number of benzene rings is 2. The predicted octanol–water partition coefficient (Wildman–Crippen LogP) is 3.38. The summed E-state index contributed by atoms with van der Waals surface area (Å²) in [5, 5.41) is 11.1. The van der Waals surface area contributed by atoms with E-state index in [1.807, 2.05) is 19.9 Å². The molecule has 0 saturated heterocycles. The van der Waals surface area contributed by atoms with Crippen LogP contribution in [0.3, 0.4) is 0 Å². The van der Waals surface area contributed by atoms with E-state index in [1.54, 1.807) is 30.3 Å². The number of hydrogen-bond donors (Lipinski definition) is 1. The lowest BCUT2D eigenvalue weighted by molar-refractivity contribution is 0.112. The molecule has 0 heterocycles. The van der Waals surface area contributed by atoms with Crippen LogP contribution in [0, 0.1) is 0 Å². The van der Waals surface area contributed by atoms with Gasteiger partial charge in [0.25, 0.3) is 0 Å². The zero-order valence-electron chi connectivity index (χ0n) is 8.90. The summed E-state index contributed by atoms with van der Waals surface area (Å²) in [6.07, 6.45) is 0.812. The van der Waals surface area contributed by atoms with Gasteiger partial charge in [-0.05, 0) is 29.0 Å². The Hall–Kier alpha value is -1.83. The quantitative estimate of drug-likeness (QED) is 0.720. The Bertz CT molecular complexity index is 461. The summed E-state index contributed by atoms with van der Waals surface area (Å²) < 4.78 is 0. The van der Waals surface area contributed by atoms with Gasteiger partial charge in [-0.15, -0.1) is 0 Å². The average Bonchev–Trinajstić information content (AvgIpc) is 2.31. The molecule has 15 heavy (non-hydrogen) atoms. The fraction of sp³-hybridized carbons (Fsp3) is 0.154. The van der Waals surface area contributed by atoms with Crippen LogP contribution in [-0.4, -0.2) is 11.4 Å². The van der Waals surface area contributed by atoms with Crippen LogP contribution in [0.1, 0.15) is 24.2 Å². The van der Waals surface area contributed by atoms with Gasteiger partial charge in [0.15, 0.2) is 0 Å². The fourth-order valence-electron chi connectivity index (χ4n) is 1.32. The van der Waals surface area contributed by atoms with Crippen LogP contribution in [0.4, 0.5) is 0 Å². The Morgan fingerprint density at radius 1 is 1.00 bits per heavy atom. The normalized spacial score (nSPS) is 9.20. The van der Waals surface area contributed by atoms with Gasteiger partial charge in [-0.2, -0.15) is 0 Å². The number of rotatable bonds is 1. The van der Waals surface area contributed by atoms with Crippen molar-refractivity contribution in [1.29, 1.82) is 0 Å². The molecule has 2 heteroatoms. The first kappa shape index (κ1) is 11.2. The molecule has 0 aliphatic heterocycles. The minimum atomic E-state index is 0.242. The molecule has 78 valence electrons. The van der Waals surface area contributed by atoms with Crippen LogP contribution in [0.2, 0.25) is 0 Å². The van der Waals surface area contributed by atoms with Gasteiger partial charge >= 0.3 is 0 Å². The van der Waals surface area contributed by atoms with E-state index >= 15 is 0 Å². The van der Waals surface area contributed by atoms with Crippen molar-refractivity contribution in [3.63, 3.8) is 0 Å². The Labute approximate surface area is 89.2 Å². The molecular weight excluding hydrogens is 188 g/mol. The molecule has 0 unspecified atom stereocenters. The summed E-state index contributed by atoms with van der Waals surface area (Å²) in [6.45, 7) is 4.00. The number of aldehydes is 1. The maximum absolute atomic E-state index is 10.5. The lowest BCUT2D eigenvalue weighted by Gasteiger charge is -1.98. The summed E-state index contributed by atoms with van der Waals surface area (Å²) in [6, 6.07) is 10.4. The zero-order valence-corrected chi connectivity index (χ0v) is 8.90. The summed E-state index contributed by atoms with van der Waals surface area (Å²) in [4.78, 5) is 10.5. The Morgan fingerprint density at radius 2 is 1.60 bits per heavy atom. The molecule has 0 saturated carbocycles. The lowest BCUT2D eigenvalue weighted by atomic mass is 10.1. The monoisotopic (exact) mass is 202 g/mol. The highest BCUT2D eigenvalue weighted by atomic mass is 16.3. The van der Waals surface area contributed by atoms with Crippen molar-refractivity contribution < 1.29 is 9.90 Å². The number of carbonyl (C=O) groups excluding carboxylic acids is 1. The molecule has 1 N–H and O–H groups in total. The van der Waals surface area contributed by atoms with E-state index in [0.29, 0.717) is 5.56 Å². The van der Waals surface area contributed by atoms with Crippen LogP contribution < -0.4 is 0 Å². The first-order valence-corrected chi connectivity index (χ1v) is 4.97. The molecule has 0 aliphatic carbocycles. The molecule has 0 atom stereocenters. The topological polar surface area (TPSA) is 37.3 Å². The van der Waals surface area contributed by atoms with Gasteiger partial charge in [-0.25, -0.2) is 0 Å². The van der Waals surface area contributed by atoms with Crippen molar-refractivity contribution in [2.75, 3.05) is 0 Å². The number of hydrogen-bond acceptors (Lipinski definition) is 2. The van der Waals surface area contributed by atoms with Gasteiger partial charge in [-0.3, -0.25) is 4.79 Å². The molecule has 0 spiro atoms. The number of phenols is 1. The van der Waals surface area contributed by atoms with Crippen molar-refractivity contribution in [3.8, 4) is 5.75 Å². The summed E-state index contributed by atoms with van der Waals surface area (Å²) in [7, 11) is 0. The molecule has 0 bridgehead atoms. The van der Waals surface area contributed by atoms with E-state index in [1.165, 1.54) is 0 Å². The third-order valence-electron chi connectivity index (χ3n) is 1.98. The molecule has 0 aromatic heterocycles. The van der Waals surface area contributed by atoms with Gasteiger partial charge in [-0.1, -0.05) is 32.0 Å². The van der Waals surface area contributed by atoms with Crippen molar-refractivity contribution in [2.45, 2.75) is 13.8 Å². The zero-order chi connectivity index (χ0) is 11.3. The smallest absolute Gasteiger partial charge is 0.150 e. The van der Waals surface area contributed by atoms with E-state index in [2.05, 4.69) is 0 Å². The molecule has 0 amide bonds. The molecular formula is C13H14O2. The van der Waals surface area contributed by atoms with Gasteiger partial charge < -0.3 is 5.11 Å². The number of aromatic hydroxyl groups is 1. The highest BCUT2D eigenvalue weighted by molar-refractivity contribution is 5.89. The highest BCUT2D eigenvalue weighted by Gasteiger charge is 1.96. The number of carbonyl (C=O) groups is 1. The number of fused-ring (bicyclic) bond motifs is 1. The van der Waals surface area contributed by atoms with Gasteiger partial charge in [0.2, 0.25) is 0 Å². The second-order valence-electron chi connectivity index (χ2n) is 2.91. The van der Waals surface area contributed by atoms with E-state index in [4.69, 9.17) is 0 Å². The molecule has 2 aromatic carbocycles. The van der Waals surface area contributed by atoms with Crippen LogP contribution in [0.15, 0.2) is 36.4 Å². The minimum absolute atomic E-state index is 0.242. The predicted molar refractivity (Wildman–Crippen MR) is 62.3 cm³/mol. The van der Waals surface area contributed by atoms with Crippen LogP contribution >= 0.6 is 0 Å². The van der Waals surface area contributed by atoms with Crippen LogP contribution in [0.5, 0.6) is 5.75 Å². The molecule has 0 fully saturated rings. The van der Waals surface area contributed by atoms with Crippen molar-refractivity contribution >= 4 is 17.1 Å². The third-order valence-corrected chi connectivity index (χ3v) is 1.98. The molecule has 2 aromatic rings. The summed E-state index contributed by atoms with van der Waals surface area (Å²) >= 11 is 0. The largest absolute Gasteiger partial charge is 0.508 e. The van der Waals surface area contributed by atoms with Crippen LogP contribution in [-0.2, 0) is 0 Å². The lowest BCUT2D eigenvalue weighted by Crippen LogP contribution is -1.79. The average molecular weight is 202 g/mol. The Kier molecular flexibility index (Phi) is 3.86. The maximum Gasteiger partial charge on any atom is 0.150 e. The molecule has 2 rings (SSSR count). The van der Waals surface area contributed by atoms with E-state index in [0.717, 1.165) is 17.1 Å². The minimum Gasteiger partial charge on any atom is -0.508 e. The maximum atomic E-state index is 10.5. The SMILES string of the molecule is CC.O=Cc1ccc2cc(O)ccc2c1. The Morgan fingerprint density at radius 3 is 2.27 bits per heavy atom. The van der Waals surface area contributed by atoms with Crippen molar-refractivity contribution in [3.05, 3.63) is 42.0 Å². The standard InChI is InChI=1S/C11H8O2.C2H6/c12-7-8-1-2-10-6-11(13)4-3-9(10)5-8;1-2/h1-7,13H;1-2H3. The van der Waals surface area contributed by atoms with Crippen LogP contribution in [0.25, 0.3) is 10.8 Å². The fourth-order valence-corrected chi connectivity index (χ4v) is 1.32. The summed E-state index contributed by atoms with van der Waals surface area (Å²) in [5.74, 6) is 0.242. The first-order valence-electron chi connectivity index (χ1n) is 4.97. The van der Waals surface area contributed by atoms with Crippen molar-refractivity contribution in [2.24, 2.45) is 0 Å². The van der Waals surface area contributed by atoms with Gasteiger partial charge in [0.05, 0.1) is 0 Å². The number of phenolic OH excluding ortho intramolecular Hbond substituents is 1. The van der Waals surface area contributed by atoms with Gasteiger partial charge in [0.1, 0.15) is 12.0 Å². The second kappa shape index (κ2) is 5.15. The Balaban J connectivity index is 0.000000531. The molecule has 0 aliphatic rings. The third kappa shape index (κ3) is 2.56. The van der Waals surface area contributed by atoms with E-state index < -0.39 is 0 Å². The molecule has 2 nitrogen and oxygen atoms in total. The van der Waals surface area contributed by atoms with Gasteiger partial charge in [0, 0.05) is 5.56 Å².